The Bertz CT molecular complexity index is 1280. The summed E-state index contributed by atoms with van der Waals surface area (Å²) in [6, 6.07) is 13.5. The summed E-state index contributed by atoms with van der Waals surface area (Å²) in [5.41, 5.74) is 7.30. The first-order valence-electron chi connectivity index (χ1n) is 11.4. The average molecular weight is 481 g/mol. The van der Waals surface area contributed by atoms with E-state index in [0.717, 1.165) is 25.7 Å². The molecule has 0 bridgehead atoms. The molecule has 176 valence electrons. The minimum atomic E-state index is -0.701. The number of benzene rings is 2. The molecule has 8 heteroatoms. The van der Waals surface area contributed by atoms with Crippen molar-refractivity contribution in [3.05, 3.63) is 74.8 Å². The first-order chi connectivity index (χ1) is 16.5. The molecule has 6 nitrogen and oxygen atoms in total. The SMILES string of the molecule is CCC[C@H](CN)COc1nc(-c2ccc(C#N)c(F)c2)n(-c2ccc(C3CC3)cc2)c(=O)c1Cl. The topological polar surface area (TPSA) is 93.9 Å². The molecule has 0 saturated heterocycles. The largest absolute Gasteiger partial charge is 0.476 e. The molecule has 1 aromatic heterocycles. The summed E-state index contributed by atoms with van der Waals surface area (Å²) in [4.78, 5) is 17.9. The Morgan fingerprint density at radius 3 is 2.62 bits per heavy atom. The molecule has 0 aliphatic heterocycles. The van der Waals surface area contributed by atoms with Gasteiger partial charge in [-0.05, 0) is 67.6 Å². The highest BCUT2D eigenvalue weighted by Gasteiger charge is 2.24. The van der Waals surface area contributed by atoms with Gasteiger partial charge in [-0.1, -0.05) is 37.1 Å². The third-order valence-electron chi connectivity index (χ3n) is 6.03. The summed E-state index contributed by atoms with van der Waals surface area (Å²) in [5, 5.41) is 8.94. The normalized spacial score (nSPS) is 14.0. The predicted octanol–water partition coefficient (Wildman–Crippen LogP) is 5.19. The van der Waals surface area contributed by atoms with Crippen LogP contribution in [0.3, 0.4) is 0 Å². The van der Waals surface area contributed by atoms with Gasteiger partial charge >= 0.3 is 0 Å². The molecule has 1 aliphatic rings. The molecule has 2 aromatic carbocycles. The van der Waals surface area contributed by atoms with Crippen molar-refractivity contribution in [2.75, 3.05) is 13.2 Å². The Kier molecular flexibility index (Phi) is 7.30. The number of nitriles is 1. The summed E-state index contributed by atoms with van der Waals surface area (Å²) in [6.45, 7) is 2.75. The van der Waals surface area contributed by atoms with Crippen LogP contribution in [0.5, 0.6) is 5.88 Å². The minimum absolute atomic E-state index is 0.0214. The summed E-state index contributed by atoms with van der Waals surface area (Å²) < 4.78 is 21.6. The van der Waals surface area contributed by atoms with Gasteiger partial charge in [-0.25, -0.2) is 4.39 Å². The fraction of sp³-hybridized carbons (Fsp3) is 0.346. The van der Waals surface area contributed by atoms with Crippen molar-refractivity contribution in [3.8, 4) is 29.0 Å². The van der Waals surface area contributed by atoms with Crippen LogP contribution in [0.1, 0.15) is 49.7 Å². The first-order valence-corrected chi connectivity index (χ1v) is 11.8. The van der Waals surface area contributed by atoms with Gasteiger partial charge in [-0.2, -0.15) is 10.2 Å². The second-order valence-electron chi connectivity index (χ2n) is 8.57. The molecule has 1 heterocycles. The third-order valence-corrected chi connectivity index (χ3v) is 6.35. The second-order valence-corrected chi connectivity index (χ2v) is 8.95. The van der Waals surface area contributed by atoms with E-state index < -0.39 is 11.4 Å². The molecule has 2 N–H and O–H groups in total. The highest BCUT2D eigenvalue weighted by atomic mass is 35.5. The second kappa shape index (κ2) is 10.4. The molecule has 1 aliphatic carbocycles. The van der Waals surface area contributed by atoms with Crippen molar-refractivity contribution in [1.29, 1.82) is 5.26 Å². The first kappa shape index (κ1) is 23.9. The van der Waals surface area contributed by atoms with Crippen LogP contribution in [0.15, 0.2) is 47.3 Å². The van der Waals surface area contributed by atoms with Gasteiger partial charge in [0.2, 0.25) is 5.88 Å². The highest BCUT2D eigenvalue weighted by Crippen LogP contribution is 2.40. The molecule has 3 aromatic rings. The van der Waals surface area contributed by atoms with Crippen LogP contribution in [0, 0.1) is 23.1 Å². The molecule has 0 unspecified atom stereocenters. The predicted molar refractivity (Wildman–Crippen MR) is 130 cm³/mol. The summed E-state index contributed by atoms with van der Waals surface area (Å²) in [7, 11) is 0. The van der Waals surface area contributed by atoms with E-state index in [4.69, 9.17) is 27.3 Å². The van der Waals surface area contributed by atoms with Gasteiger partial charge in [-0.15, -0.1) is 0 Å². The number of rotatable bonds is 9. The van der Waals surface area contributed by atoms with E-state index in [1.54, 1.807) is 12.1 Å². The lowest BCUT2D eigenvalue weighted by molar-refractivity contribution is 0.235. The highest BCUT2D eigenvalue weighted by molar-refractivity contribution is 6.31. The monoisotopic (exact) mass is 480 g/mol. The molecular weight excluding hydrogens is 455 g/mol. The molecule has 4 rings (SSSR count). The van der Waals surface area contributed by atoms with Crippen LogP contribution in [0.4, 0.5) is 4.39 Å². The van der Waals surface area contributed by atoms with Crippen LogP contribution in [-0.2, 0) is 0 Å². The van der Waals surface area contributed by atoms with Crippen molar-refractivity contribution >= 4 is 11.6 Å². The van der Waals surface area contributed by atoms with Gasteiger partial charge in [0, 0.05) is 11.5 Å². The molecule has 1 saturated carbocycles. The van der Waals surface area contributed by atoms with Gasteiger partial charge in [0.15, 0.2) is 10.8 Å². The van der Waals surface area contributed by atoms with Crippen LogP contribution in [-0.4, -0.2) is 22.7 Å². The Balaban J connectivity index is 1.82. The summed E-state index contributed by atoms with van der Waals surface area (Å²) in [5.74, 6) is 0.108. The lowest BCUT2D eigenvalue weighted by Gasteiger charge is -2.18. The van der Waals surface area contributed by atoms with E-state index in [0.29, 0.717) is 23.7 Å². The fourth-order valence-corrected chi connectivity index (χ4v) is 4.12. The Labute approximate surface area is 202 Å². The molecule has 0 spiro atoms. The van der Waals surface area contributed by atoms with Crippen molar-refractivity contribution in [1.82, 2.24) is 9.55 Å². The maximum absolute atomic E-state index is 14.5. The van der Waals surface area contributed by atoms with E-state index in [-0.39, 0.29) is 34.8 Å². The zero-order valence-corrected chi connectivity index (χ0v) is 19.7. The quantitative estimate of drug-likeness (QED) is 0.454. The Hall–Kier alpha value is -3.21. The maximum atomic E-state index is 14.5. The number of ether oxygens (including phenoxy) is 1. The van der Waals surface area contributed by atoms with Crippen molar-refractivity contribution < 1.29 is 9.13 Å². The molecule has 0 amide bonds. The average Bonchev–Trinajstić information content (AvgIpc) is 3.69. The summed E-state index contributed by atoms with van der Waals surface area (Å²) >= 11 is 6.41. The number of nitrogens with zero attached hydrogens (tertiary/aromatic N) is 3. The zero-order valence-electron chi connectivity index (χ0n) is 18.9. The number of halogens is 2. The lowest BCUT2D eigenvalue weighted by Crippen LogP contribution is -2.26. The Morgan fingerprint density at radius 1 is 1.29 bits per heavy atom. The number of hydrogen-bond donors (Lipinski definition) is 1. The van der Waals surface area contributed by atoms with Gasteiger partial charge in [0.25, 0.3) is 5.56 Å². The van der Waals surface area contributed by atoms with Gasteiger partial charge < -0.3 is 10.5 Å². The van der Waals surface area contributed by atoms with Crippen LogP contribution >= 0.6 is 11.6 Å². The fourth-order valence-electron chi connectivity index (χ4n) is 3.94. The lowest BCUT2D eigenvalue weighted by atomic mass is 10.1. The van der Waals surface area contributed by atoms with Gasteiger partial charge in [0.05, 0.1) is 17.9 Å². The van der Waals surface area contributed by atoms with E-state index in [1.807, 2.05) is 24.3 Å². The van der Waals surface area contributed by atoms with E-state index in [1.165, 1.54) is 22.3 Å². The Morgan fingerprint density at radius 2 is 2.03 bits per heavy atom. The zero-order chi connectivity index (χ0) is 24.2. The number of hydrogen-bond acceptors (Lipinski definition) is 5. The number of aromatic nitrogens is 2. The van der Waals surface area contributed by atoms with Gasteiger partial charge in [0.1, 0.15) is 11.9 Å². The smallest absolute Gasteiger partial charge is 0.281 e. The molecule has 0 radical (unpaired) electrons. The van der Waals surface area contributed by atoms with Crippen molar-refractivity contribution in [2.24, 2.45) is 11.7 Å². The van der Waals surface area contributed by atoms with Crippen molar-refractivity contribution in [2.45, 2.75) is 38.5 Å². The minimum Gasteiger partial charge on any atom is -0.476 e. The van der Waals surface area contributed by atoms with E-state index >= 15 is 0 Å². The van der Waals surface area contributed by atoms with Crippen LogP contribution < -0.4 is 16.0 Å². The van der Waals surface area contributed by atoms with Crippen molar-refractivity contribution in [3.63, 3.8) is 0 Å². The maximum Gasteiger partial charge on any atom is 0.281 e. The molecular formula is C26H26ClFN4O2. The third kappa shape index (κ3) is 4.98. The summed E-state index contributed by atoms with van der Waals surface area (Å²) in [6.07, 6.45) is 4.14. The van der Waals surface area contributed by atoms with E-state index in [2.05, 4.69) is 11.9 Å². The van der Waals surface area contributed by atoms with Gasteiger partial charge in [-0.3, -0.25) is 9.36 Å². The van der Waals surface area contributed by atoms with Crippen LogP contribution in [0.25, 0.3) is 17.1 Å². The van der Waals surface area contributed by atoms with Crippen LogP contribution in [0.2, 0.25) is 5.02 Å². The molecule has 1 fully saturated rings. The molecule has 34 heavy (non-hydrogen) atoms. The standard InChI is InChI=1S/C26H26ClFN4O2/c1-2-3-16(13-29)15-34-25-23(27)26(33)32(21-10-8-18(9-11-21)17-4-5-17)24(31-25)19-6-7-20(14-30)22(28)12-19/h6-12,16-17H,2-5,13,15,29H2,1H3/t16-/m1/s1. The molecule has 1 atom stereocenters. The van der Waals surface area contributed by atoms with E-state index in [9.17, 15) is 9.18 Å². The number of nitrogens with two attached hydrogens (primary N) is 1.